The summed E-state index contributed by atoms with van der Waals surface area (Å²) in [6.07, 6.45) is 3.45. The minimum absolute atomic E-state index is 0.0747. The van der Waals surface area contributed by atoms with Crippen molar-refractivity contribution in [3.05, 3.63) is 90.5 Å². The number of likely N-dealkylation sites (N-methyl/N-ethyl adjacent to an activating group) is 1. The van der Waals surface area contributed by atoms with Gasteiger partial charge in [0.15, 0.2) is 0 Å². The van der Waals surface area contributed by atoms with E-state index in [4.69, 9.17) is 14.7 Å². The molecule has 224 valence electrons. The number of ether oxygens (including phenoxy) is 1. The fraction of sp³-hybridized carbons (Fsp3) is 0.250. The molecule has 0 saturated heterocycles. The monoisotopic (exact) mass is 586 g/mol. The van der Waals surface area contributed by atoms with Crippen molar-refractivity contribution >= 4 is 28.0 Å². The lowest BCUT2D eigenvalue weighted by atomic mass is 10.0. The number of aromatic amines is 2. The molecule has 1 amide bonds. The van der Waals surface area contributed by atoms with E-state index in [0.717, 1.165) is 81.3 Å². The molecule has 0 fully saturated rings. The highest BCUT2D eigenvalue weighted by Crippen LogP contribution is 2.30. The minimum Gasteiger partial charge on any atom is -0.494 e. The number of nitrogens with one attached hydrogen (secondary N) is 3. The van der Waals surface area contributed by atoms with E-state index in [1.807, 2.05) is 67.5 Å². The third kappa shape index (κ3) is 6.66. The summed E-state index contributed by atoms with van der Waals surface area (Å²) in [4.78, 5) is 31.1. The summed E-state index contributed by atoms with van der Waals surface area (Å²) < 4.78 is 5.86. The molecule has 8 heteroatoms. The molecule has 0 spiro atoms. The predicted octanol–water partition coefficient (Wildman–Crippen LogP) is 7.30. The van der Waals surface area contributed by atoms with Gasteiger partial charge in [-0.25, -0.2) is 9.97 Å². The number of H-pyrrole nitrogens is 2. The van der Waals surface area contributed by atoms with E-state index >= 15 is 0 Å². The zero-order valence-electron chi connectivity index (χ0n) is 25.5. The van der Waals surface area contributed by atoms with Gasteiger partial charge in [-0.15, -0.1) is 0 Å². The molecule has 0 unspecified atom stereocenters. The number of amides is 1. The van der Waals surface area contributed by atoms with Crippen molar-refractivity contribution in [3.63, 3.8) is 0 Å². The Bertz CT molecular complexity index is 1870. The lowest BCUT2D eigenvalue weighted by Crippen LogP contribution is -2.31. The van der Waals surface area contributed by atoms with E-state index in [1.165, 1.54) is 12.8 Å². The highest BCUT2D eigenvalue weighted by atomic mass is 16.5. The van der Waals surface area contributed by atoms with Gasteiger partial charge in [0.2, 0.25) is 0 Å². The van der Waals surface area contributed by atoms with Gasteiger partial charge < -0.3 is 24.9 Å². The Kier molecular flexibility index (Phi) is 8.70. The Morgan fingerprint density at radius 3 is 1.84 bits per heavy atom. The van der Waals surface area contributed by atoms with E-state index in [2.05, 4.69) is 58.6 Å². The summed E-state index contributed by atoms with van der Waals surface area (Å²) in [5, 5.41) is 2.95. The average Bonchev–Trinajstić information content (AvgIpc) is 3.67. The molecular weight excluding hydrogens is 548 g/mol. The predicted molar refractivity (Wildman–Crippen MR) is 178 cm³/mol. The minimum atomic E-state index is -0.0747. The molecule has 0 saturated carbocycles. The van der Waals surface area contributed by atoms with Crippen molar-refractivity contribution in [3.8, 4) is 39.7 Å². The van der Waals surface area contributed by atoms with E-state index in [0.29, 0.717) is 12.1 Å². The first-order chi connectivity index (χ1) is 21.5. The van der Waals surface area contributed by atoms with Crippen molar-refractivity contribution in [2.45, 2.75) is 26.2 Å². The van der Waals surface area contributed by atoms with E-state index in [1.54, 1.807) is 0 Å². The average molecular weight is 587 g/mol. The Morgan fingerprint density at radius 1 is 0.750 bits per heavy atom. The fourth-order valence-corrected chi connectivity index (χ4v) is 5.17. The van der Waals surface area contributed by atoms with Crippen LogP contribution in [-0.2, 0) is 0 Å². The first-order valence-corrected chi connectivity index (χ1v) is 15.2. The number of rotatable bonds is 12. The highest BCUT2D eigenvalue weighted by molar-refractivity contribution is 5.95. The first kappa shape index (κ1) is 29.1. The van der Waals surface area contributed by atoms with Gasteiger partial charge in [-0.1, -0.05) is 44.0 Å². The van der Waals surface area contributed by atoms with Crippen molar-refractivity contribution < 1.29 is 9.53 Å². The Labute approximate surface area is 257 Å². The number of imidazole rings is 2. The molecule has 0 bridgehead atoms. The number of aromatic nitrogens is 4. The maximum absolute atomic E-state index is 12.4. The van der Waals surface area contributed by atoms with Crippen LogP contribution < -0.4 is 10.1 Å². The second-order valence-corrected chi connectivity index (χ2v) is 11.4. The second kappa shape index (κ2) is 13.1. The zero-order chi connectivity index (χ0) is 30.5. The van der Waals surface area contributed by atoms with Gasteiger partial charge >= 0.3 is 0 Å². The van der Waals surface area contributed by atoms with Gasteiger partial charge in [0.25, 0.3) is 5.91 Å². The number of hydrogen-bond acceptors (Lipinski definition) is 5. The molecule has 0 aliphatic carbocycles. The van der Waals surface area contributed by atoms with Crippen LogP contribution in [0.3, 0.4) is 0 Å². The summed E-state index contributed by atoms with van der Waals surface area (Å²) in [6.45, 7) is 4.34. The van der Waals surface area contributed by atoms with Crippen LogP contribution in [0.15, 0.2) is 84.9 Å². The molecule has 2 aromatic heterocycles. The molecule has 0 atom stereocenters. The maximum Gasteiger partial charge on any atom is 0.251 e. The van der Waals surface area contributed by atoms with E-state index in [9.17, 15) is 4.79 Å². The van der Waals surface area contributed by atoms with Crippen LogP contribution in [0.5, 0.6) is 5.75 Å². The largest absolute Gasteiger partial charge is 0.494 e. The third-order valence-corrected chi connectivity index (χ3v) is 7.71. The van der Waals surface area contributed by atoms with Gasteiger partial charge in [-0.2, -0.15) is 0 Å². The molecule has 2 heterocycles. The normalized spacial score (nSPS) is 11.5. The molecule has 44 heavy (non-hydrogen) atoms. The summed E-state index contributed by atoms with van der Waals surface area (Å²) in [5.74, 6) is 2.41. The lowest BCUT2D eigenvalue weighted by molar-refractivity contribution is 0.0951. The number of nitrogens with zero attached hydrogens (tertiary/aromatic N) is 3. The summed E-state index contributed by atoms with van der Waals surface area (Å²) in [5.41, 5.74) is 8.44. The molecule has 3 N–H and O–H groups in total. The number of fused-ring (bicyclic) bond motifs is 2. The Balaban J connectivity index is 1.16. The molecule has 6 rings (SSSR count). The van der Waals surface area contributed by atoms with Crippen LogP contribution in [0.25, 0.3) is 56.0 Å². The van der Waals surface area contributed by atoms with Crippen LogP contribution in [0, 0.1) is 0 Å². The number of carbonyl (C=O) groups is 1. The molecule has 6 aromatic rings. The standard InChI is InChI=1S/C36H38N6O2/c1-4-5-6-21-44-29-15-11-25(12-16-29)35-39-31-18-14-28(23-33(31)41-35)27-13-17-30-32(22-27)40-34(38-30)24-7-9-26(10-8-24)36(43)37-19-20-42(2)3/h7-18,22-23H,4-6,19-21H2,1-3H3,(H,37,43)(H,38,40)(H,39,41). The summed E-state index contributed by atoms with van der Waals surface area (Å²) in [7, 11) is 3.97. The molecule has 0 radical (unpaired) electrons. The molecular formula is C36H38N6O2. The van der Waals surface area contributed by atoms with Gasteiger partial charge in [0.05, 0.1) is 28.7 Å². The zero-order valence-corrected chi connectivity index (χ0v) is 25.5. The first-order valence-electron chi connectivity index (χ1n) is 15.2. The van der Waals surface area contributed by atoms with Crippen molar-refractivity contribution in [1.82, 2.24) is 30.2 Å². The molecule has 0 aliphatic rings. The Hall–Kier alpha value is -4.95. The van der Waals surface area contributed by atoms with Crippen LogP contribution in [0.1, 0.15) is 36.5 Å². The van der Waals surface area contributed by atoms with Gasteiger partial charge in [-0.3, -0.25) is 4.79 Å². The quantitative estimate of drug-likeness (QED) is 0.131. The second-order valence-electron chi connectivity index (χ2n) is 11.4. The smallest absolute Gasteiger partial charge is 0.251 e. The number of unbranched alkanes of at least 4 members (excludes halogenated alkanes) is 2. The topological polar surface area (TPSA) is 98.9 Å². The van der Waals surface area contributed by atoms with E-state index in [-0.39, 0.29) is 5.91 Å². The van der Waals surface area contributed by atoms with Crippen LogP contribution >= 0.6 is 0 Å². The highest BCUT2D eigenvalue weighted by Gasteiger charge is 2.11. The molecule has 0 aliphatic heterocycles. The van der Waals surface area contributed by atoms with Crippen LogP contribution in [-0.4, -0.2) is 64.5 Å². The fourth-order valence-electron chi connectivity index (χ4n) is 5.17. The van der Waals surface area contributed by atoms with Gasteiger partial charge in [-0.05, 0) is 92.3 Å². The Morgan fingerprint density at radius 2 is 1.30 bits per heavy atom. The summed E-state index contributed by atoms with van der Waals surface area (Å²) >= 11 is 0. The van der Waals surface area contributed by atoms with Crippen LogP contribution in [0.4, 0.5) is 0 Å². The SMILES string of the molecule is CCCCCOc1ccc(-c2nc3cc(-c4ccc5[nH]c(-c6ccc(C(=O)NCCN(C)C)cc6)nc5c4)ccc3[nH]2)cc1. The van der Waals surface area contributed by atoms with Crippen LogP contribution in [0.2, 0.25) is 0 Å². The van der Waals surface area contributed by atoms with Gasteiger partial charge in [0, 0.05) is 29.8 Å². The van der Waals surface area contributed by atoms with Gasteiger partial charge in [0.1, 0.15) is 17.4 Å². The van der Waals surface area contributed by atoms with Crippen molar-refractivity contribution in [2.75, 3.05) is 33.8 Å². The lowest BCUT2D eigenvalue weighted by Gasteiger charge is -2.10. The van der Waals surface area contributed by atoms with Crippen molar-refractivity contribution in [1.29, 1.82) is 0 Å². The third-order valence-electron chi connectivity index (χ3n) is 7.71. The molecule has 8 nitrogen and oxygen atoms in total. The summed E-state index contributed by atoms with van der Waals surface area (Å²) in [6, 6.07) is 28.2. The number of carbonyl (C=O) groups excluding carboxylic acids is 1. The van der Waals surface area contributed by atoms with Crippen molar-refractivity contribution in [2.24, 2.45) is 0 Å². The number of benzene rings is 4. The maximum atomic E-state index is 12.4. The number of hydrogen-bond donors (Lipinski definition) is 3. The van der Waals surface area contributed by atoms with E-state index < -0.39 is 0 Å². The molecule has 4 aromatic carbocycles.